The van der Waals surface area contributed by atoms with Gasteiger partial charge in [0.15, 0.2) is 11.3 Å². The second-order valence-corrected chi connectivity index (χ2v) is 4.86. The number of aromatic carboxylic acids is 1. The number of aromatic nitrogens is 2. The minimum Gasteiger partial charge on any atom is -0.477 e. The maximum Gasteiger partial charge on any atom is 0.354 e. The molecule has 0 saturated heterocycles. The van der Waals surface area contributed by atoms with E-state index < -0.39 is 5.97 Å². The smallest absolute Gasteiger partial charge is 0.354 e. The van der Waals surface area contributed by atoms with Crippen molar-refractivity contribution in [1.82, 2.24) is 9.38 Å². The van der Waals surface area contributed by atoms with E-state index in [0.717, 1.165) is 10.9 Å². The van der Waals surface area contributed by atoms with E-state index in [1.165, 1.54) is 0 Å². The van der Waals surface area contributed by atoms with Gasteiger partial charge in [0, 0.05) is 12.1 Å². The van der Waals surface area contributed by atoms with Crippen molar-refractivity contribution in [1.29, 1.82) is 0 Å². The van der Waals surface area contributed by atoms with Crippen LogP contribution in [0.1, 0.15) is 42.4 Å². The van der Waals surface area contributed by atoms with E-state index in [1.807, 2.05) is 19.9 Å². The van der Waals surface area contributed by atoms with Crippen LogP contribution in [0.15, 0.2) is 22.8 Å². The number of nitrogens with zero attached hydrogens (tertiary/aromatic N) is 2. The largest absolute Gasteiger partial charge is 0.477 e. The molecule has 0 bridgehead atoms. The zero-order valence-electron chi connectivity index (χ0n) is 9.64. The molecule has 1 N–H and O–H groups in total. The summed E-state index contributed by atoms with van der Waals surface area (Å²) in [5, 5.41) is 9.31. The lowest BCUT2D eigenvalue weighted by molar-refractivity contribution is 0.0687. The standard InChI is InChI=1S/C12H13BrN2O2/c1-3-7(2)9-10(12(16)17)15-6-4-5-8(13)11(15)14-9/h4-7H,3H2,1-2H3,(H,16,17). The van der Waals surface area contributed by atoms with Crippen LogP contribution in [0.4, 0.5) is 0 Å². The van der Waals surface area contributed by atoms with Crippen molar-refractivity contribution >= 4 is 27.5 Å². The van der Waals surface area contributed by atoms with Crippen LogP contribution in [-0.4, -0.2) is 20.5 Å². The number of halogens is 1. The second kappa shape index (κ2) is 4.49. The molecule has 5 heteroatoms. The lowest BCUT2D eigenvalue weighted by atomic mass is 10.0. The Bertz CT molecular complexity index is 577. The number of carbonyl (C=O) groups is 1. The van der Waals surface area contributed by atoms with Gasteiger partial charge in [-0.15, -0.1) is 0 Å². The third-order valence-corrected chi connectivity index (χ3v) is 3.53. The number of pyridine rings is 1. The van der Waals surface area contributed by atoms with Crippen molar-refractivity contribution in [3.05, 3.63) is 34.2 Å². The third-order valence-electron chi connectivity index (χ3n) is 2.91. The molecule has 90 valence electrons. The predicted octanol–water partition coefficient (Wildman–Crippen LogP) is 3.31. The van der Waals surface area contributed by atoms with E-state index in [4.69, 9.17) is 0 Å². The Balaban J connectivity index is 2.79. The van der Waals surface area contributed by atoms with Gasteiger partial charge in [-0.3, -0.25) is 4.40 Å². The molecule has 0 amide bonds. The van der Waals surface area contributed by atoms with Gasteiger partial charge in [-0.1, -0.05) is 13.8 Å². The topological polar surface area (TPSA) is 54.6 Å². The Morgan fingerprint density at radius 3 is 2.94 bits per heavy atom. The number of carboxylic acids is 1. The van der Waals surface area contributed by atoms with Crippen LogP contribution in [0.2, 0.25) is 0 Å². The predicted molar refractivity (Wildman–Crippen MR) is 68.6 cm³/mol. The van der Waals surface area contributed by atoms with Gasteiger partial charge in [0.25, 0.3) is 0 Å². The molecule has 17 heavy (non-hydrogen) atoms. The van der Waals surface area contributed by atoms with Gasteiger partial charge in [-0.2, -0.15) is 0 Å². The second-order valence-electron chi connectivity index (χ2n) is 4.01. The molecular weight excluding hydrogens is 284 g/mol. The molecule has 0 aliphatic rings. The first-order chi connectivity index (χ1) is 8.06. The highest BCUT2D eigenvalue weighted by molar-refractivity contribution is 9.10. The summed E-state index contributed by atoms with van der Waals surface area (Å²) in [7, 11) is 0. The van der Waals surface area contributed by atoms with Gasteiger partial charge >= 0.3 is 5.97 Å². The lowest BCUT2D eigenvalue weighted by Crippen LogP contribution is -2.07. The number of carboxylic acid groups (broad SMARTS) is 1. The molecule has 1 atom stereocenters. The molecule has 0 spiro atoms. The lowest BCUT2D eigenvalue weighted by Gasteiger charge is -2.05. The van der Waals surface area contributed by atoms with Gasteiger partial charge in [0.2, 0.25) is 0 Å². The molecule has 2 aromatic heterocycles. The molecule has 2 aromatic rings. The van der Waals surface area contributed by atoms with E-state index in [2.05, 4.69) is 20.9 Å². The molecule has 2 rings (SSSR count). The average molecular weight is 297 g/mol. The minimum absolute atomic E-state index is 0.132. The van der Waals surface area contributed by atoms with Crippen molar-refractivity contribution in [3.63, 3.8) is 0 Å². The number of imidazole rings is 1. The molecule has 0 fully saturated rings. The summed E-state index contributed by atoms with van der Waals surface area (Å²) in [5.74, 6) is -0.807. The van der Waals surface area contributed by atoms with Crippen LogP contribution >= 0.6 is 15.9 Å². The number of rotatable bonds is 3. The fourth-order valence-corrected chi connectivity index (χ4v) is 2.23. The Hall–Kier alpha value is -1.36. The summed E-state index contributed by atoms with van der Waals surface area (Å²) in [5.41, 5.74) is 1.56. The van der Waals surface area contributed by atoms with E-state index in [-0.39, 0.29) is 11.6 Å². The number of fused-ring (bicyclic) bond motifs is 1. The highest BCUT2D eigenvalue weighted by Gasteiger charge is 2.22. The Kier molecular flexibility index (Phi) is 3.19. The number of hydrogen-bond donors (Lipinski definition) is 1. The molecule has 0 saturated carbocycles. The zero-order chi connectivity index (χ0) is 12.6. The first-order valence-corrected chi connectivity index (χ1v) is 6.25. The van der Waals surface area contributed by atoms with E-state index in [1.54, 1.807) is 16.7 Å². The highest BCUT2D eigenvalue weighted by Crippen LogP contribution is 2.26. The van der Waals surface area contributed by atoms with E-state index in [0.29, 0.717) is 11.3 Å². The van der Waals surface area contributed by atoms with Crippen LogP contribution in [0, 0.1) is 0 Å². The fraction of sp³-hybridized carbons (Fsp3) is 0.333. The van der Waals surface area contributed by atoms with Crippen LogP contribution in [0.25, 0.3) is 5.65 Å². The molecule has 0 aromatic carbocycles. The fourth-order valence-electron chi connectivity index (χ4n) is 1.80. The maximum atomic E-state index is 11.4. The summed E-state index contributed by atoms with van der Waals surface area (Å²) >= 11 is 3.39. The summed E-state index contributed by atoms with van der Waals surface area (Å²) in [6.07, 6.45) is 2.59. The summed E-state index contributed by atoms with van der Waals surface area (Å²) in [6.45, 7) is 4.01. The van der Waals surface area contributed by atoms with Crippen molar-refractivity contribution < 1.29 is 9.90 Å². The van der Waals surface area contributed by atoms with Crippen molar-refractivity contribution in [2.75, 3.05) is 0 Å². The van der Waals surface area contributed by atoms with Gasteiger partial charge in [-0.05, 0) is 34.5 Å². The van der Waals surface area contributed by atoms with Gasteiger partial charge < -0.3 is 5.11 Å². The Morgan fingerprint density at radius 2 is 2.35 bits per heavy atom. The molecular formula is C12H13BrN2O2. The van der Waals surface area contributed by atoms with Crippen molar-refractivity contribution in [2.45, 2.75) is 26.2 Å². The maximum absolute atomic E-state index is 11.4. The minimum atomic E-state index is -0.939. The first kappa shape index (κ1) is 12.1. The summed E-state index contributed by atoms with van der Waals surface area (Å²) in [6, 6.07) is 3.65. The highest BCUT2D eigenvalue weighted by atomic mass is 79.9. The molecule has 4 nitrogen and oxygen atoms in total. The molecule has 0 aliphatic heterocycles. The van der Waals surface area contributed by atoms with Crippen LogP contribution < -0.4 is 0 Å². The van der Waals surface area contributed by atoms with E-state index >= 15 is 0 Å². The Labute approximate surface area is 107 Å². The number of hydrogen-bond acceptors (Lipinski definition) is 2. The quantitative estimate of drug-likeness (QED) is 0.945. The van der Waals surface area contributed by atoms with E-state index in [9.17, 15) is 9.90 Å². The summed E-state index contributed by atoms with van der Waals surface area (Å²) in [4.78, 5) is 15.8. The third kappa shape index (κ3) is 1.95. The first-order valence-electron chi connectivity index (χ1n) is 5.46. The normalized spacial score (nSPS) is 12.9. The van der Waals surface area contributed by atoms with Crippen LogP contribution in [0.5, 0.6) is 0 Å². The van der Waals surface area contributed by atoms with Gasteiger partial charge in [-0.25, -0.2) is 9.78 Å². The van der Waals surface area contributed by atoms with Crippen LogP contribution in [-0.2, 0) is 0 Å². The van der Waals surface area contributed by atoms with Gasteiger partial charge in [0.1, 0.15) is 0 Å². The van der Waals surface area contributed by atoms with Crippen molar-refractivity contribution in [2.24, 2.45) is 0 Å². The Morgan fingerprint density at radius 1 is 1.65 bits per heavy atom. The average Bonchev–Trinajstić information content (AvgIpc) is 2.68. The summed E-state index contributed by atoms with van der Waals surface area (Å²) < 4.78 is 2.42. The zero-order valence-corrected chi connectivity index (χ0v) is 11.2. The van der Waals surface area contributed by atoms with Gasteiger partial charge in [0.05, 0.1) is 10.2 Å². The molecule has 0 radical (unpaired) electrons. The molecule has 1 unspecified atom stereocenters. The monoisotopic (exact) mass is 296 g/mol. The molecule has 2 heterocycles. The SMILES string of the molecule is CCC(C)c1nc2c(Br)cccn2c1C(=O)O. The van der Waals surface area contributed by atoms with Crippen LogP contribution in [0.3, 0.4) is 0 Å². The van der Waals surface area contributed by atoms with Crippen molar-refractivity contribution in [3.8, 4) is 0 Å². The molecule has 0 aliphatic carbocycles.